The van der Waals surface area contributed by atoms with Crippen LogP contribution in [0, 0.1) is 11.7 Å². The molecule has 1 aliphatic heterocycles. The second-order valence-electron chi connectivity index (χ2n) is 9.09. The zero-order valence-corrected chi connectivity index (χ0v) is 21.2. The van der Waals surface area contributed by atoms with Crippen molar-refractivity contribution < 1.29 is 27.9 Å². The number of ether oxygens (including phenoxy) is 2. The molecule has 1 aromatic heterocycles. The van der Waals surface area contributed by atoms with Crippen LogP contribution in [0.2, 0.25) is 0 Å². The number of aromatic nitrogens is 1. The molecule has 0 radical (unpaired) electrons. The summed E-state index contributed by atoms with van der Waals surface area (Å²) in [5.74, 6) is 0.00912. The molecule has 0 saturated carbocycles. The predicted octanol–water partition coefficient (Wildman–Crippen LogP) is 4.44. The van der Waals surface area contributed by atoms with Gasteiger partial charge in [-0.1, -0.05) is 24.3 Å². The highest BCUT2D eigenvalue weighted by atomic mass is 19.1. The van der Waals surface area contributed by atoms with E-state index in [4.69, 9.17) is 13.9 Å². The predicted molar refractivity (Wildman–Crippen MR) is 134 cm³/mol. The van der Waals surface area contributed by atoms with Crippen molar-refractivity contribution in [1.82, 2.24) is 14.8 Å². The molecule has 4 rings (SSSR count). The van der Waals surface area contributed by atoms with E-state index in [1.165, 1.54) is 18.4 Å². The van der Waals surface area contributed by atoms with E-state index in [0.717, 1.165) is 23.3 Å². The SMILES string of the molecule is CCOC(=O)[C@@H]1CCCN(C(=O)c2coc(CN(Cc3ccc(F)cc3)Cc3cccc(OC)c3)n2)C1. The van der Waals surface area contributed by atoms with Gasteiger partial charge in [-0.05, 0) is 55.2 Å². The van der Waals surface area contributed by atoms with Crippen LogP contribution >= 0.6 is 0 Å². The Morgan fingerprint density at radius 3 is 2.68 bits per heavy atom. The van der Waals surface area contributed by atoms with E-state index >= 15 is 0 Å². The number of rotatable bonds is 10. The number of methoxy groups -OCH3 is 1. The first kappa shape index (κ1) is 26.3. The maximum Gasteiger partial charge on any atom is 0.310 e. The fourth-order valence-corrected chi connectivity index (χ4v) is 4.49. The summed E-state index contributed by atoms with van der Waals surface area (Å²) in [4.78, 5) is 33.5. The van der Waals surface area contributed by atoms with Gasteiger partial charge in [0.1, 0.15) is 17.8 Å². The molecule has 1 amide bonds. The topological polar surface area (TPSA) is 85.1 Å². The monoisotopic (exact) mass is 509 g/mol. The van der Waals surface area contributed by atoms with Crippen molar-refractivity contribution in [1.29, 1.82) is 0 Å². The van der Waals surface area contributed by atoms with Crippen LogP contribution in [0.1, 0.15) is 47.3 Å². The van der Waals surface area contributed by atoms with Crippen molar-refractivity contribution in [3.63, 3.8) is 0 Å². The van der Waals surface area contributed by atoms with Crippen LogP contribution in [0.3, 0.4) is 0 Å². The maximum absolute atomic E-state index is 13.4. The molecule has 2 aromatic carbocycles. The van der Waals surface area contributed by atoms with Crippen LogP contribution in [0.4, 0.5) is 4.39 Å². The van der Waals surface area contributed by atoms with Gasteiger partial charge in [-0.15, -0.1) is 0 Å². The summed E-state index contributed by atoms with van der Waals surface area (Å²) >= 11 is 0. The third kappa shape index (κ3) is 7.16. The van der Waals surface area contributed by atoms with Crippen LogP contribution in [0.5, 0.6) is 5.75 Å². The molecule has 196 valence electrons. The lowest BCUT2D eigenvalue weighted by molar-refractivity contribution is -0.149. The molecule has 0 aliphatic carbocycles. The Kier molecular flexibility index (Phi) is 8.90. The number of hydrogen-bond donors (Lipinski definition) is 0. The summed E-state index contributed by atoms with van der Waals surface area (Å²) in [5.41, 5.74) is 2.18. The number of halogens is 1. The van der Waals surface area contributed by atoms with Crippen molar-refractivity contribution in [2.45, 2.75) is 39.4 Å². The Morgan fingerprint density at radius 1 is 1.14 bits per heavy atom. The summed E-state index contributed by atoms with van der Waals surface area (Å²) in [6.07, 6.45) is 2.80. The van der Waals surface area contributed by atoms with Gasteiger partial charge < -0.3 is 18.8 Å². The second-order valence-corrected chi connectivity index (χ2v) is 9.09. The molecule has 2 heterocycles. The summed E-state index contributed by atoms with van der Waals surface area (Å²) < 4.78 is 29.6. The summed E-state index contributed by atoms with van der Waals surface area (Å²) in [7, 11) is 1.62. The van der Waals surface area contributed by atoms with Crippen molar-refractivity contribution in [3.05, 3.63) is 83.3 Å². The van der Waals surface area contributed by atoms with E-state index in [-0.39, 0.29) is 29.3 Å². The minimum absolute atomic E-state index is 0.211. The number of esters is 1. The van der Waals surface area contributed by atoms with Gasteiger partial charge in [0, 0.05) is 26.2 Å². The van der Waals surface area contributed by atoms with Gasteiger partial charge in [0.05, 0.1) is 26.2 Å². The molecule has 3 aromatic rings. The van der Waals surface area contributed by atoms with Gasteiger partial charge in [0.15, 0.2) is 5.69 Å². The highest BCUT2D eigenvalue weighted by Gasteiger charge is 2.31. The molecule has 0 bridgehead atoms. The molecule has 0 spiro atoms. The van der Waals surface area contributed by atoms with Gasteiger partial charge >= 0.3 is 5.97 Å². The van der Waals surface area contributed by atoms with E-state index < -0.39 is 0 Å². The Hall–Kier alpha value is -3.72. The number of carbonyl (C=O) groups excluding carboxylic acids is 2. The first-order valence-corrected chi connectivity index (χ1v) is 12.4. The van der Waals surface area contributed by atoms with Gasteiger partial charge in [0.2, 0.25) is 5.89 Å². The van der Waals surface area contributed by atoms with Crippen LogP contribution < -0.4 is 4.74 Å². The van der Waals surface area contributed by atoms with Crippen LogP contribution in [0.15, 0.2) is 59.2 Å². The summed E-state index contributed by atoms with van der Waals surface area (Å²) in [6.45, 7) is 4.39. The van der Waals surface area contributed by atoms with Gasteiger partial charge in [-0.2, -0.15) is 0 Å². The van der Waals surface area contributed by atoms with Crippen molar-refractivity contribution >= 4 is 11.9 Å². The first-order valence-electron chi connectivity index (χ1n) is 12.4. The number of oxazole rings is 1. The molecule has 1 aliphatic rings. The molecule has 1 fully saturated rings. The number of likely N-dealkylation sites (tertiary alicyclic amines) is 1. The Balaban J connectivity index is 1.46. The number of amides is 1. The lowest BCUT2D eigenvalue weighted by Crippen LogP contribution is -2.43. The van der Waals surface area contributed by atoms with Gasteiger partial charge in [0.25, 0.3) is 5.91 Å². The average molecular weight is 510 g/mol. The second kappa shape index (κ2) is 12.5. The lowest BCUT2D eigenvalue weighted by atomic mass is 9.98. The molecule has 9 heteroatoms. The van der Waals surface area contributed by atoms with Gasteiger partial charge in [-0.25, -0.2) is 9.37 Å². The number of carbonyl (C=O) groups is 2. The number of nitrogens with zero attached hydrogens (tertiary/aromatic N) is 3. The van der Waals surface area contributed by atoms with Crippen LogP contribution in [-0.2, 0) is 29.2 Å². The molecule has 0 N–H and O–H groups in total. The first-order chi connectivity index (χ1) is 17.9. The summed E-state index contributed by atoms with van der Waals surface area (Å²) in [5, 5.41) is 0. The lowest BCUT2D eigenvalue weighted by Gasteiger charge is -2.30. The fourth-order valence-electron chi connectivity index (χ4n) is 4.49. The van der Waals surface area contributed by atoms with E-state index in [2.05, 4.69) is 9.88 Å². The van der Waals surface area contributed by atoms with Gasteiger partial charge in [-0.3, -0.25) is 14.5 Å². The van der Waals surface area contributed by atoms with Crippen LogP contribution in [-0.4, -0.2) is 53.5 Å². The molecule has 1 atom stereocenters. The fraction of sp³-hybridized carbons (Fsp3) is 0.393. The van der Waals surface area contributed by atoms with E-state index in [9.17, 15) is 14.0 Å². The maximum atomic E-state index is 13.4. The zero-order valence-electron chi connectivity index (χ0n) is 21.2. The van der Waals surface area contributed by atoms with E-state index in [1.54, 1.807) is 31.1 Å². The van der Waals surface area contributed by atoms with Crippen molar-refractivity contribution in [2.75, 3.05) is 26.8 Å². The number of benzene rings is 2. The Bertz CT molecular complexity index is 1200. The van der Waals surface area contributed by atoms with Crippen LogP contribution in [0.25, 0.3) is 0 Å². The molecular weight excluding hydrogens is 477 g/mol. The Labute approximate surface area is 216 Å². The minimum Gasteiger partial charge on any atom is -0.497 e. The molecule has 37 heavy (non-hydrogen) atoms. The zero-order chi connectivity index (χ0) is 26.2. The molecule has 8 nitrogen and oxygen atoms in total. The van der Waals surface area contributed by atoms with E-state index in [1.807, 2.05) is 24.3 Å². The molecule has 0 unspecified atom stereocenters. The molecule has 1 saturated heterocycles. The van der Waals surface area contributed by atoms with Crippen molar-refractivity contribution in [2.24, 2.45) is 5.92 Å². The quantitative estimate of drug-likeness (QED) is 0.374. The summed E-state index contributed by atoms with van der Waals surface area (Å²) in [6, 6.07) is 14.1. The smallest absolute Gasteiger partial charge is 0.310 e. The average Bonchev–Trinajstić information content (AvgIpc) is 3.38. The standard InChI is InChI=1S/C28H32FN3O5/c1-3-36-28(34)22-7-5-13-32(17-22)27(33)25-19-37-26(30-25)18-31(15-20-9-11-23(29)12-10-20)16-21-6-4-8-24(14-21)35-2/h4,6,8-12,14,19,22H,3,5,7,13,15-18H2,1-2H3/t22-/m1/s1. The minimum atomic E-state index is -0.321. The highest BCUT2D eigenvalue weighted by Crippen LogP contribution is 2.21. The normalized spacial score (nSPS) is 15.6. The number of hydrogen-bond acceptors (Lipinski definition) is 7. The number of piperidine rings is 1. The third-order valence-electron chi connectivity index (χ3n) is 6.32. The third-order valence-corrected chi connectivity index (χ3v) is 6.32. The Morgan fingerprint density at radius 2 is 1.92 bits per heavy atom. The largest absolute Gasteiger partial charge is 0.497 e. The van der Waals surface area contributed by atoms with E-state index in [0.29, 0.717) is 51.6 Å². The highest BCUT2D eigenvalue weighted by molar-refractivity contribution is 5.92. The van der Waals surface area contributed by atoms with Crippen molar-refractivity contribution in [3.8, 4) is 5.75 Å². The molecular formula is C28H32FN3O5.